The van der Waals surface area contributed by atoms with Crippen molar-refractivity contribution in [3.8, 4) is 0 Å². The van der Waals surface area contributed by atoms with Crippen LogP contribution in [0, 0.1) is 74.4 Å². The summed E-state index contributed by atoms with van der Waals surface area (Å²) in [5.74, 6) is -0.194. The van der Waals surface area contributed by atoms with Gasteiger partial charge in [0.25, 0.3) is 0 Å². The highest BCUT2D eigenvalue weighted by molar-refractivity contribution is 6.22. The lowest BCUT2D eigenvalue weighted by molar-refractivity contribution is -0.165. The molecule has 1 aliphatic heterocycles. The summed E-state index contributed by atoms with van der Waals surface area (Å²) in [7, 11) is 0. The van der Waals surface area contributed by atoms with Crippen LogP contribution in [0.4, 0.5) is 0 Å². The lowest BCUT2D eigenvalue weighted by Gasteiger charge is -2.50. The summed E-state index contributed by atoms with van der Waals surface area (Å²) in [5.41, 5.74) is 3.21. The largest absolute Gasteiger partial charge is 0.462 e. The van der Waals surface area contributed by atoms with Gasteiger partial charge in [0.05, 0.1) is 35.2 Å². The molecule has 0 saturated heterocycles. The van der Waals surface area contributed by atoms with Crippen LogP contribution < -0.4 is 5.32 Å². The van der Waals surface area contributed by atoms with E-state index in [9.17, 15) is 14.4 Å². The third-order valence-corrected chi connectivity index (χ3v) is 16.9. The van der Waals surface area contributed by atoms with E-state index < -0.39 is 23.4 Å². The lowest BCUT2D eigenvalue weighted by Crippen LogP contribution is -2.51. The standard InChI is InChI=1S/C63H104N2O7/c1-26-63(27-2,29-28-30-70-55(66)38(7)8)58(69)65-43(13)51(56(67)71-53-44(59(14,15)16)31-39(9)32-45(53)60(17,18)19)49(36(3)4)41(11)35-48-50(37(5)6)52(42(12)64-48)57(68)72-54-46(61(20,21)22)33-40(10)34-47(54)62(23,24)25/h35-37,39-40,43-47,53-54H,7,11,26-34H2,1-6,8-10,12-25H3,(H,65,69)/b48-35-,51-49+. The molecule has 3 rings (SSSR count). The molecule has 2 aliphatic carbocycles. The molecule has 5 unspecified atom stereocenters. The van der Waals surface area contributed by atoms with E-state index in [2.05, 4.69) is 129 Å². The molecule has 9 nitrogen and oxygen atoms in total. The molecule has 2 fully saturated rings. The number of nitrogens with zero attached hydrogens (tertiary/aromatic N) is 1. The van der Waals surface area contributed by atoms with Gasteiger partial charge >= 0.3 is 17.9 Å². The molecule has 1 heterocycles. The maximum atomic E-state index is 15.6. The third-order valence-electron chi connectivity index (χ3n) is 16.9. The number of hydrogen-bond donors (Lipinski definition) is 1. The summed E-state index contributed by atoms with van der Waals surface area (Å²) < 4.78 is 19.2. The molecule has 9 heteroatoms. The van der Waals surface area contributed by atoms with E-state index in [-0.39, 0.29) is 87.9 Å². The van der Waals surface area contributed by atoms with Crippen molar-refractivity contribution in [2.24, 2.45) is 79.4 Å². The smallest absolute Gasteiger partial charge is 0.340 e. The van der Waals surface area contributed by atoms with Crippen LogP contribution in [0.2, 0.25) is 0 Å². The van der Waals surface area contributed by atoms with Crippen molar-refractivity contribution in [3.63, 3.8) is 0 Å². The van der Waals surface area contributed by atoms with Crippen LogP contribution >= 0.6 is 0 Å². The number of carbonyl (C=O) groups excluding carboxylic acids is 4. The predicted octanol–water partition coefficient (Wildman–Crippen LogP) is 15.3. The Morgan fingerprint density at radius 1 is 0.694 bits per heavy atom. The lowest BCUT2D eigenvalue weighted by atomic mass is 9.59. The van der Waals surface area contributed by atoms with E-state index in [4.69, 9.17) is 19.2 Å². The number of amides is 1. The molecule has 2 saturated carbocycles. The second-order valence-corrected chi connectivity index (χ2v) is 27.7. The minimum absolute atomic E-state index is 0.0679. The molecule has 1 amide bonds. The van der Waals surface area contributed by atoms with Crippen LogP contribution in [-0.2, 0) is 33.4 Å². The molecular formula is C63H104N2O7. The van der Waals surface area contributed by atoms with Gasteiger partial charge in [-0.3, -0.25) is 9.79 Å². The monoisotopic (exact) mass is 1000 g/mol. The van der Waals surface area contributed by atoms with Crippen molar-refractivity contribution < 1.29 is 33.4 Å². The van der Waals surface area contributed by atoms with Crippen LogP contribution in [0.25, 0.3) is 0 Å². The number of aliphatic imine (C=N–C) groups is 1. The third kappa shape index (κ3) is 15.2. The number of allylic oxidation sites excluding steroid dienone is 4. The highest BCUT2D eigenvalue weighted by atomic mass is 16.6. The van der Waals surface area contributed by atoms with Crippen LogP contribution in [-0.4, -0.2) is 54.4 Å². The van der Waals surface area contributed by atoms with Gasteiger partial charge in [-0.05, 0) is 140 Å². The van der Waals surface area contributed by atoms with Gasteiger partial charge in [0, 0.05) is 34.7 Å². The van der Waals surface area contributed by atoms with Gasteiger partial charge in [0.15, 0.2) is 0 Å². The molecule has 5 atom stereocenters. The maximum Gasteiger partial charge on any atom is 0.340 e. The number of carbonyl (C=O) groups is 4. The maximum absolute atomic E-state index is 15.6. The first kappa shape index (κ1) is 62.5. The van der Waals surface area contributed by atoms with Crippen molar-refractivity contribution in [1.29, 1.82) is 0 Å². The Bertz CT molecular complexity index is 2070. The van der Waals surface area contributed by atoms with E-state index in [1.54, 1.807) is 6.92 Å². The van der Waals surface area contributed by atoms with Gasteiger partial charge in [0.2, 0.25) is 5.91 Å². The Morgan fingerprint density at radius 3 is 1.50 bits per heavy atom. The van der Waals surface area contributed by atoms with Crippen LogP contribution in [0.5, 0.6) is 0 Å². The average molecular weight is 1000 g/mol. The fourth-order valence-electron chi connectivity index (χ4n) is 12.5. The summed E-state index contributed by atoms with van der Waals surface area (Å²) in [6.45, 7) is 57.8. The normalized spacial score (nSPS) is 26.0. The molecule has 0 radical (unpaired) electrons. The van der Waals surface area contributed by atoms with Crippen molar-refractivity contribution >= 4 is 29.5 Å². The summed E-state index contributed by atoms with van der Waals surface area (Å²) in [5, 5.41) is 3.33. The van der Waals surface area contributed by atoms with Crippen molar-refractivity contribution in [3.05, 3.63) is 58.4 Å². The molecule has 0 aromatic carbocycles. The van der Waals surface area contributed by atoms with E-state index in [1.165, 1.54) is 0 Å². The zero-order valence-corrected chi connectivity index (χ0v) is 50.0. The highest BCUT2D eigenvalue weighted by Crippen LogP contribution is 2.52. The SMILES string of the molecule is C=C(C)C(=O)OCCCC(CC)(CC)C(=O)NC(C)/C(C(=O)OC1C(C(C)(C)C)CC(C)CC1C(C)(C)C)=C(\C(=C)/C=C1\N=C(C)C(C(=O)OC2C(C(C)(C)C)CC(C)CC2C(C)(C)C)=C1C(C)C)C(C)C. The summed E-state index contributed by atoms with van der Waals surface area (Å²) in [6, 6.07) is -0.774. The second-order valence-electron chi connectivity index (χ2n) is 27.7. The Morgan fingerprint density at radius 2 is 1.12 bits per heavy atom. The average Bonchev–Trinajstić information content (AvgIpc) is 3.56. The molecular weight excluding hydrogens is 897 g/mol. The number of esters is 3. The van der Waals surface area contributed by atoms with Gasteiger partial charge < -0.3 is 19.5 Å². The van der Waals surface area contributed by atoms with Gasteiger partial charge in [-0.15, -0.1) is 0 Å². The highest BCUT2D eigenvalue weighted by Gasteiger charge is 2.50. The van der Waals surface area contributed by atoms with Gasteiger partial charge in [-0.1, -0.05) is 152 Å². The Kier molecular flexibility index (Phi) is 21.1. The Labute approximate surface area is 439 Å². The van der Waals surface area contributed by atoms with E-state index in [1.807, 2.05) is 47.6 Å². The number of nitrogens with one attached hydrogen (secondary N) is 1. The first-order chi connectivity index (χ1) is 32.8. The second kappa shape index (κ2) is 24.3. The summed E-state index contributed by atoms with van der Waals surface area (Å²) in [6.07, 6.45) is 7.24. The molecule has 3 aliphatic rings. The first-order valence-electron chi connectivity index (χ1n) is 27.8. The fourth-order valence-corrected chi connectivity index (χ4v) is 12.5. The number of ether oxygens (including phenoxy) is 3. The van der Waals surface area contributed by atoms with Gasteiger partial charge in [0.1, 0.15) is 12.2 Å². The quantitative estimate of drug-likeness (QED) is 0.0477. The molecule has 0 aromatic heterocycles. The van der Waals surface area contributed by atoms with Gasteiger partial charge in [-0.2, -0.15) is 0 Å². The number of hydrogen-bond acceptors (Lipinski definition) is 8. The molecule has 1 N–H and O–H groups in total. The minimum atomic E-state index is -0.780. The molecule has 0 bridgehead atoms. The topological polar surface area (TPSA) is 120 Å². The minimum Gasteiger partial charge on any atom is -0.462 e. The fraction of sp³-hybridized carbons (Fsp3) is 0.762. The van der Waals surface area contributed by atoms with Crippen molar-refractivity contribution in [2.75, 3.05) is 6.61 Å². The van der Waals surface area contributed by atoms with Crippen LogP contribution in [0.15, 0.2) is 63.4 Å². The zero-order chi connectivity index (χ0) is 55.4. The van der Waals surface area contributed by atoms with Crippen molar-refractivity contribution in [1.82, 2.24) is 5.32 Å². The molecule has 0 aromatic rings. The van der Waals surface area contributed by atoms with Crippen molar-refractivity contribution in [2.45, 2.75) is 229 Å². The Hall–Kier alpha value is -3.75. The predicted molar refractivity (Wildman–Crippen MR) is 298 cm³/mol. The first-order valence-corrected chi connectivity index (χ1v) is 27.8. The van der Waals surface area contributed by atoms with Crippen LogP contribution in [0.3, 0.4) is 0 Å². The summed E-state index contributed by atoms with van der Waals surface area (Å²) >= 11 is 0. The molecule has 408 valence electrons. The van der Waals surface area contributed by atoms with Crippen LogP contribution in [0.1, 0.15) is 211 Å². The van der Waals surface area contributed by atoms with E-state index >= 15 is 4.79 Å². The molecule has 72 heavy (non-hydrogen) atoms. The number of rotatable bonds is 18. The van der Waals surface area contributed by atoms with E-state index in [0.717, 1.165) is 31.3 Å². The van der Waals surface area contributed by atoms with Gasteiger partial charge in [-0.25, -0.2) is 14.4 Å². The molecule has 0 spiro atoms. The summed E-state index contributed by atoms with van der Waals surface area (Å²) in [4.78, 5) is 62.5. The zero-order valence-electron chi connectivity index (χ0n) is 50.0. The van der Waals surface area contributed by atoms with E-state index in [0.29, 0.717) is 76.8 Å². The Balaban J connectivity index is 2.29.